The zero-order valence-electron chi connectivity index (χ0n) is 12.1. The summed E-state index contributed by atoms with van der Waals surface area (Å²) in [6, 6.07) is 6.13. The van der Waals surface area contributed by atoms with Crippen LogP contribution in [0.2, 0.25) is 0 Å². The van der Waals surface area contributed by atoms with E-state index in [1.807, 2.05) is 13.1 Å². The number of anilines is 1. The maximum Gasteiger partial charge on any atom is 0.167 e. The summed E-state index contributed by atoms with van der Waals surface area (Å²) in [5.41, 5.74) is 0.937. The van der Waals surface area contributed by atoms with Crippen LogP contribution in [0.4, 0.5) is 10.1 Å². The lowest BCUT2D eigenvalue weighted by atomic mass is 9.87. The predicted molar refractivity (Wildman–Crippen MR) is 76.4 cm³/mol. The Morgan fingerprint density at radius 1 is 1.37 bits per heavy atom. The summed E-state index contributed by atoms with van der Waals surface area (Å²) >= 11 is 0. The predicted octanol–water partition coefficient (Wildman–Crippen LogP) is 2.66. The molecule has 106 valence electrons. The van der Waals surface area contributed by atoms with E-state index in [1.54, 1.807) is 12.1 Å². The summed E-state index contributed by atoms with van der Waals surface area (Å²) in [7, 11) is 3.50. The van der Waals surface area contributed by atoms with E-state index in [0.29, 0.717) is 23.8 Å². The second-order valence-corrected chi connectivity index (χ2v) is 5.30. The number of methoxy groups -OCH3 is 1. The van der Waals surface area contributed by atoms with Crippen molar-refractivity contribution in [3.8, 4) is 5.75 Å². The topological polar surface area (TPSA) is 24.5 Å². The van der Waals surface area contributed by atoms with Crippen molar-refractivity contribution in [2.75, 3.05) is 25.6 Å². The maximum atomic E-state index is 13.8. The molecule has 0 amide bonds. The summed E-state index contributed by atoms with van der Waals surface area (Å²) < 4.78 is 18.8. The number of nitrogens with one attached hydrogen (secondary N) is 1. The molecule has 1 fully saturated rings. The average Bonchev–Trinajstić information content (AvgIpc) is 2.41. The Morgan fingerprint density at radius 2 is 2.11 bits per heavy atom. The molecule has 4 heteroatoms. The summed E-state index contributed by atoms with van der Waals surface area (Å²) in [6.45, 7) is 5.40. The first kappa shape index (κ1) is 14.1. The molecule has 0 saturated carbocycles. The molecule has 1 N–H and O–H groups in total. The van der Waals surface area contributed by atoms with Gasteiger partial charge in [-0.05, 0) is 38.4 Å². The molecule has 3 unspecified atom stereocenters. The minimum Gasteiger partial charge on any atom is -0.494 e. The molecule has 3 nitrogen and oxygen atoms in total. The smallest absolute Gasteiger partial charge is 0.167 e. The average molecular weight is 266 g/mol. The monoisotopic (exact) mass is 266 g/mol. The Morgan fingerprint density at radius 3 is 2.68 bits per heavy atom. The molecule has 0 spiro atoms. The minimum atomic E-state index is -0.296. The number of rotatable bonds is 3. The van der Waals surface area contributed by atoms with Crippen LogP contribution in [0.15, 0.2) is 18.2 Å². The van der Waals surface area contributed by atoms with Gasteiger partial charge in [0.15, 0.2) is 11.6 Å². The molecule has 1 saturated heterocycles. The second-order valence-electron chi connectivity index (χ2n) is 5.30. The fourth-order valence-electron chi connectivity index (χ4n) is 2.97. The first-order valence-electron chi connectivity index (χ1n) is 6.86. The second kappa shape index (κ2) is 5.78. The van der Waals surface area contributed by atoms with Crippen LogP contribution in [0.1, 0.15) is 20.3 Å². The van der Waals surface area contributed by atoms with Crippen LogP contribution in [0.5, 0.6) is 5.75 Å². The Bertz CT molecular complexity index is 438. The van der Waals surface area contributed by atoms with E-state index in [2.05, 4.69) is 24.1 Å². The van der Waals surface area contributed by atoms with E-state index in [-0.39, 0.29) is 5.82 Å². The first-order valence-corrected chi connectivity index (χ1v) is 6.86. The van der Waals surface area contributed by atoms with Crippen LogP contribution in [-0.4, -0.2) is 32.8 Å². The van der Waals surface area contributed by atoms with E-state index in [1.165, 1.54) is 7.11 Å². The molecule has 2 rings (SSSR count). The molecular weight excluding hydrogens is 243 g/mol. The summed E-state index contributed by atoms with van der Waals surface area (Å²) in [5.74, 6) is 0.536. The number of halogens is 1. The molecule has 19 heavy (non-hydrogen) atoms. The summed E-state index contributed by atoms with van der Waals surface area (Å²) in [6.07, 6.45) is 1.08. The standard InChI is InChI=1S/C15H23FN2O/c1-10-11(2)18(8-7-14(10)17-3)12-5-6-15(19-4)13(16)9-12/h5-6,9-11,14,17H,7-8H2,1-4H3. The lowest BCUT2D eigenvalue weighted by Crippen LogP contribution is -2.52. The van der Waals surface area contributed by atoms with Gasteiger partial charge < -0.3 is 15.0 Å². The Hall–Kier alpha value is -1.29. The Balaban J connectivity index is 2.20. The van der Waals surface area contributed by atoms with Gasteiger partial charge in [0.25, 0.3) is 0 Å². The molecule has 1 aromatic rings. The van der Waals surface area contributed by atoms with Gasteiger partial charge >= 0.3 is 0 Å². The van der Waals surface area contributed by atoms with Gasteiger partial charge in [0.2, 0.25) is 0 Å². The molecule has 0 aliphatic carbocycles. The maximum absolute atomic E-state index is 13.8. The molecule has 0 aromatic heterocycles. The molecule has 0 bridgehead atoms. The van der Waals surface area contributed by atoms with Crippen molar-refractivity contribution in [3.63, 3.8) is 0 Å². The molecule has 1 aliphatic rings. The van der Waals surface area contributed by atoms with Crippen LogP contribution in [-0.2, 0) is 0 Å². The van der Waals surface area contributed by atoms with Gasteiger partial charge in [-0.15, -0.1) is 0 Å². The van der Waals surface area contributed by atoms with Gasteiger partial charge in [0.1, 0.15) is 0 Å². The number of piperidine rings is 1. The van der Waals surface area contributed by atoms with Gasteiger partial charge in [-0.25, -0.2) is 4.39 Å². The fraction of sp³-hybridized carbons (Fsp3) is 0.600. The van der Waals surface area contributed by atoms with Crippen LogP contribution >= 0.6 is 0 Å². The highest BCUT2D eigenvalue weighted by Crippen LogP contribution is 2.31. The van der Waals surface area contributed by atoms with Crippen molar-refractivity contribution in [1.29, 1.82) is 0 Å². The Labute approximate surface area is 114 Å². The van der Waals surface area contributed by atoms with Crippen LogP contribution < -0.4 is 15.0 Å². The van der Waals surface area contributed by atoms with Crippen molar-refractivity contribution in [2.45, 2.75) is 32.4 Å². The van der Waals surface area contributed by atoms with Crippen molar-refractivity contribution in [3.05, 3.63) is 24.0 Å². The van der Waals surface area contributed by atoms with Crippen molar-refractivity contribution in [1.82, 2.24) is 5.32 Å². The van der Waals surface area contributed by atoms with E-state index in [0.717, 1.165) is 18.7 Å². The molecule has 1 aromatic carbocycles. The minimum absolute atomic E-state index is 0.296. The lowest BCUT2D eigenvalue weighted by Gasteiger charge is -2.44. The van der Waals surface area contributed by atoms with Gasteiger partial charge in [-0.1, -0.05) is 6.92 Å². The molecular formula is C15H23FN2O. The van der Waals surface area contributed by atoms with Crippen LogP contribution in [0.25, 0.3) is 0 Å². The highest BCUT2D eigenvalue weighted by molar-refractivity contribution is 5.51. The third-order valence-electron chi connectivity index (χ3n) is 4.41. The van der Waals surface area contributed by atoms with Crippen molar-refractivity contribution >= 4 is 5.69 Å². The third-order valence-corrected chi connectivity index (χ3v) is 4.41. The van der Waals surface area contributed by atoms with Gasteiger partial charge in [0, 0.05) is 30.4 Å². The van der Waals surface area contributed by atoms with E-state index in [9.17, 15) is 4.39 Å². The number of hydrogen-bond donors (Lipinski definition) is 1. The van der Waals surface area contributed by atoms with E-state index < -0.39 is 0 Å². The molecule has 1 heterocycles. The van der Waals surface area contributed by atoms with Gasteiger partial charge in [-0.3, -0.25) is 0 Å². The fourth-order valence-corrected chi connectivity index (χ4v) is 2.97. The zero-order chi connectivity index (χ0) is 14.0. The Kier molecular flexibility index (Phi) is 4.30. The number of hydrogen-bond acceptors (Lipinski definition) is 3. The van der Waals surface area contributed by atoms with Crippen LogP contribution in [0, 0.1) is 11.7 Å². The first-order chi connectivity index (χ1) is 9.08. The zero-order valence-corrected chi connectivity index (χ0v) is 12.1. The number of ether oxygens (including phenoxy) is 1. The van der Waals surface area contributed by atoms with Crippen molar-refractivity contribution < 1.29 is 9.13 Å². The van der Waals surface area contributed by atoms with E-state index >= 15 is 0 Å². The quantitative estimate of drug-likeness (QED) is 0.910. The van der Waals surface area contributed by atoms with Crippen molar-refractivity contribution in [2.24, 2.45) is 5.92 Å². The third kappa shape index (κ3) is 2.68. The molecule has 1 aliphatic heterocycles. The van der Waals surface area contributed by atoms with Gasteiger partial charge in [0.05, 0.1) is 7.11 Å². The normalized spacial score (nSPS) is 27.4. The van der Waals surface area contributed by atoms with Crippen LogP contribution in [0.3, 0.4) is 0 Å². The summed E-state index contributed by atoms with van der Waals surface area (Å²) in [5, 5.41) is 3.36. The number of nitrogens with zero attached hydrogens (tertiary/aromatic N) is 1. The SMILES string of the molecule is CNC1CCN(c2ccc(OC)c(F)c2)C(C)C1C. The largest absolute Gasteiger partial charge is 0.494 e. The highest BCUT2D eigenvalue weighted by atomic mass is 19.1. The molecule has 3 atom stereocenters. The van der Waals surface area contributed by atoms with E-state index in [4.69, 9.17) is 4.74 Å². The summed E-state index contributed by atoms with van der Waals surface area (Å²) in [4.78, 5) is 2.28. The highest BCUT2D eigenvalue weighted by Gasteiger charge is 2.31. The number of benzene rings is 1. The lowest BCUT2D eigenvalue weighted by molar-refractivity contribution is 0.282. The molecule has 0 radical (unpaired) electrons. The van der Waals surface area contributed by atoms with Gasteiger partial charge in [-0.2, -0.15) is 0 Å².